The van der Waals surface area contributed by atoms with Gasteiger partial charge >= 0.3 is 0 Å². The number of unbranched alkanes of at least 4 members (excludes halogenated alkanes) is 20. The van der Waals surface area contributed by atoms with Crippen LogP contribution in [0.15, 0.2) is 0 Å². The molecule has 0 aliphatic rings. The van der Waals surface area contributed by atoms with E-state index in [1.807, 2.05) is 0 Å². The van der Waals surface area contributed by atoms with Crippen LogP contribution in [0.2, 0.25) is 0 Å². The molecular weight excluding hydrogens is 360 g/mol. The maximum atomic E-state index is 2.32. The van der Waals surface area contributed by atoms with E-state index >= 15 is 0 Å². The molecule has 0 radical (unpaired) electrons. The summed E-state index contributed by atoms with van der Waals surface area (Å²) >= 11 is 0. The predicted molar refractivity (Wildman–Crippen MR) is 141 cm³/mol. The molecule has 0 aliphatic carbocycles. The van der Waals surface area contributed by atoms with Gasteiger partial charge in [-0.1, -0.05) is 188 Å². The second-order valence-corrected chi connectivity index (χ2v) is 10.3. The lowest BCUT2D eigenvalue weighted by atomic mass is 9.89. The van der Waals surface area contributed by atoms with Crippen molar-refractivity contribution in [2.24, 2.45) is 5.92 Å². The molecular formula is C30H62. The Labute approximate surface area is 193 Å². The topological polar surface area (TPSA) is 0 Å². The van der Waals surface area contributed by atoms with E-state index < -0.39 is 0 Å². The van der Waals surface area contributed by atoms with E-state index in [1.165, 1.54) is 167 Å². The lowest BCUT2D eigenvalue weighted by molar-refractivity contribution is 0.365. The fourth-order valence-electron chi connectivity index (χ4n) is 4.96. The molecule has 0 heterocycles. The molecule has 0 nitrogen and oxygen atoms in total. The van der Waals surface area contributed by atoms with Gasteiger partial charge in [-0.2, -0.15) is 0 Å². The Bertz CT molecular complexity index is 262. The molecule has 0 spiro atoms. The monoisotopic (exact) mass is 422 g/mol. The summed E-state index contributed by atoms with van der Waals surface area (Å²) in [5.41, 5.74) is 0. The Morgan fingerprint density at radius 1 is 0.267 bits per heavy atom. The third kappa shape index (κ3) is 24.3. The number of hydrogen-bond donors (Lipinski definition) is 0. The van der Waals surface area contributed by atoms with Gasteiger partial charge in [0, 0.05) is 0 Å². The molecule has 0 aliphatic heterocycles. The number of rotatable bonds is 26. The molecule has 182 valence electrons. The SMILES string of the molecule is CCCCCCCCCCC(CCCCCCCCC)CCCCCCCCCC. The molecule has 0 atom stereocenters. The normalized spacial score (nSPS) is 11.6. The van der Waals surface area contributed by atoms with E-state index in [0.29, 0.717) is 0 Å². The first-order valence-corrected chi connectivity index (χ1v) is 14.8. The van der Waals surface area contributed by atoms with Crippen molar-refractivity contribution in [3.8, 4) is 0 Å². The summed E-state index contributed by atoms with van der Waals surface area (Å²) < 4.78 is 0. The zero-order valence-electron chi connectivity index (χ0n) is 22.0. The molecule has 0 saturated heterocycles. The van der Waals surface area contributed by atoms with Crippen LogP contribution in [0.5, 0.6) is 0 Å². The predicted octanol–water partition coefficient (Wildman–Crippen LogP) is 11.8. The lowest BCUT2D eigenvalue weighted by Crippen LogP contribution is -2.01. The highest BCUT2D eigenvalue weighted by Crippen LogP contribution is 2.25. The van der Waals surface area contributed by atoms with Gasteiger partial charge in [-0.15, -0.1) is 0 Å². The molecule has 30 heavy (non-hydrogen) atoms. The van der Waals surface area contributed by atoms with Crippen LogP contribution in [-0.4, -0.2) is 0 Å². The van der Waals surface area contributed by atoms with Crippen molar-refractivity contribution >= 4 is 0 Å². The van der Waals surface area contributed by atoms with Crippen molar-refractivity contribution in [2.75, 3.05) is 0 Å². The molecule has 0 fully saturated rings. The van der Waals surface area contributed by atoms with E-state index in [2.05, 4.69) is 20.8 Å². The van der Waals surface area contributed by atoms with Gasteiger partial charge < -0.3 is 0 Å². The highest BCUT2D eigenvalue weighted by Gasteiger charge is 2.08. The molecule has 0 saturated carbocycles. The van der Waals surface area contributed by atoms with Gasteiger partial charge in [0.25, 0.3) is 0 Å². The van der Waals surface area contributed by atoms with Crippen molar-refractivity contribution in [2.45, 2.75) is 188 Å². The van der Waals surface area contributed by atoms with Crippen LogP contribution in [0.4, 0.5) is 0 Å². The standard InChI is InChI=1S/C30H62/c1-4-7-10-13-16-19-22-25-28-30(27-24-21-18-15-12-9-6-3)29-26-23-20-17-14-11-8-5-2/h30H,4-29H2,1-3H3. The summed E-state index contributed by atoms with van der Waals surface area (Å²) in [5.74, 6) is 1.04. The Kier molecular flexibility index (Phi) is 27.0. The quantitative estimate of drug-likeness (QED) is 0.122. The summed E-state index contributed by atoms with van der Waals surface area (Å²) in [5, 5.41) is 0. The van der Waals surface area contributed by atoms with Gasteiger partial charge in [-0.3, -0.25) is 0 Å². The minimum atomic E-state index is 1.04. The van der Waals surface area contributed by atoms with Gasteiger partial charge in [0.15, 0.2) is 0 Å². The fraction of sp³-hybridized carbons (Fsp3) is 1.00. The van der Waals surface area contributed by atoms with E-state index in [0.717, 1.165) is 5.92 Å². The summed E-state index contributed by atoms with van der Waals surface area (Å²) in [7, 11) is 0. The second-order valence-electron chi connectivity index (χ2n) is 10.3. The van der Waals surface area contributed by atoms with Crippen LogP contribution in [0, 0.1) is 5.92 Å². The Morgan fingerprint density at radius 2 is 0.467 bits per heavy atom. The molecule has 0 N–H and O–H groups in total. The zero-order chi connectivity index (χ0) is 22.0. The van der Waals surface area contributed by atoms with E-state index in [4.69, 9.17) is 0 Å². The average Bonchev–Trinajstić information content (AvgIpc) is 2.76. The first kappa shape index (κ1) is 30.0. The molecule has 0 amide bonds. The molecule has 0 bridgehead atoms. The van der Waals surface area contributed by atoms with Crippen LogP contribution >= 0.6 is 0 Å². The Hall–Kier alpha value is 0. The first-order chi connectivity index (χ1) is 14.8. The molecule has 0 unspecified atom stereocenters. The van der Waals surface area contributed by atoms with Crippen molar-refractivity contribution in [3.63, 3.8) is 0 Å². The number of hydrogen-bond acceptors (Lipinski definition) is 0. The third-order valence-corrected chi connectivity index (χ3v) is 7.15. The minimum absolute atomic E-state index is 1.04. The van der Waals surface area contributed by atoms with Crippen LogP contribution in [0.1, 0.15) is 188 Å². The van der Waals surface area contributed by atoms with Crippen molar-refractivity contribution < 1.29 is 0 Å². The first-order valence-electron chi connectivity index (χ1n) is 14.8. The Morgan fingerprint density at radius 3 is 0.700 bits per heavy atom. The van der Waals surface area contributed by atoms with E-state index in [1.54, 1.807) is 0 Å². The summed E-state index contributed by atoms with van der Waals surface area (Å²) in [6.45, 7) is 6.95. The largest absolute Gasteiger partial charge is 0.0654 e. The smallest absolute Gasteiger partial charge is 0.0414 e. The minimum Gasteiger partial charge on any atom is -0.0654 e. The lowest BCUT2D eigenvalue weighted by Gasteiger charge is -2.17. The fourth-order valence-corrected chi connectivity index (χ4v) is 4.96. The van der Waals surface area contributed by atoms with Crippen LogP contribution < -0.4 is 0 Å². The maximum Gasteiger partial charge on any atom is -0.0414 e. The Balaban J connectivity index is 3.81. The molecule has 0 aromatic rings. The van der Waals surface area contributed by atoms with Crippen molar-refractivity contribution in [1.82, 2.24) is 0 Å². The molecule has 0 aromatic carbocycles. The van der Waals surface area contributed by atoms with Crippen molar-refractivity contribution in [3.05, 3.63) is 0 Å². The molecule has 0 rings (SSSR count). The van der Waals surface area contributed by atoms with E-state index in [-0.39, 0.29) is 0 Å². The van der Waals surface area contributed by atoms with Gasteiger partial charge in [0.05, 0.1) is 0 Å². The van der Waals surface area contributed by atoms with Gasteiger partial charge in [0.1, 0.15) is 0 Å². The second kappa shape index (κ2) is 27.0. The highest BCUT2D eigenvalue weighted by atomic mass is 14.1. The summed E-state index contributed by atoms with van der Waals surface area (Å²) in [4.78, 5) is 0. The molecule has 0 aromatic heterocycles. The maximum absolute atomic E-state index is 2.32. The van der Waals surface area contributed by atoms with Gasteiger partial charge in [0.2, 0.25) is 0 Å². The van der Waals surface area contributed by atoms with Crippen molar-refractivity contribution in [1.29, 1.82) is 0 Å². The summed E-state index contributed by atoms with van der Waals surface area (Å²) in [6, 6.07) is 0. The third-order valence-electron chi connectivity index (χ3n) is 7.15. The molecule has 0 heteroatoms. The summed E-state index contributed by atoms with van der Waals surface area (Å²) in [6.07, 6.45) is 38.3. The van der Waals surface area contributed by atoms with Crippen LogP contribution in [-0.2, 0) is 0 Å². The van der Waals surface area contributed by atoms with Gasteiger partial charge in [-0.05, 0) is 5.92 Å². The van der Waals surface area contributed by atoms with Gasteiger partial charge in [-0.25, -0.2) is 0 Å². The average molecular weight is 423 g/mol. The van der Waals surface area contributed by atoms with E-state index in [9.17, 15) is 0 Å². The zero-order valence-corrected chi connectivity index (χ0v) is 22.0. The van der Waals surface area contributed by atoms with Crippen LogP contribution in [0.25, 0.3) is 0 Å². The van der Waals surface area contributed by atoms with Crippen LogP contribution in [0.3, 0.4) is 0 Å². The highest BCUT2D eigenvalue weighted by molar-refractivity contribution is 4.62.